The maximum Gasteiger partial charge on any atom is 0.264 e. The van der Waals surface area contributed by atoms with Gasteiger partial charge in [0.1, 0.15) is 12.4 Å². The van der Waals surface area contributed by atoms with Crippen LogP contribution in [0.2, 0.25) is 0 Å². The zero-order valence-electron chi connectivity index (χ0n) is 21.8. The molecular formula is C30H27FN4O4S. The Bertz CT molecular complexity index is 1620. The minimum Gasteiger partial charge on any atom is -0.322 e. The Kier molecular flexibility index (Phi) is 8.70. The van der Waals surface area contributed by atoms with Crippen LogP contribution in [0.1, 0.15) is 28.4 Å². The molecule has 40 heavy (non-hydrogen) atoms. The minimum absolute atomic E-state index is 0.00523. The zero-order valence-corrected chi connectivity index (χ0v) is 22.7. The van der Waals surface area contributed by atoms with Gasteiger partial charge in [-0.1, -0.05) is 48.0 Å². The van der Waals surface area contributed by atoms with Gasteiger partial charge in [-0.3, -0.25) is 13.9 Å². The number of benzene rings is 4. The monoisotopic (exact) mass is 558 g/mol. The first-order chi connectivity index (χ1) is 19.1. The molecule has 0 aliphatic heterocycles. The fraction of sp³-hybridized carbons (Fsp3) is 0.100. The molecule has 0 bridgehead atoms. The molecule has 0 radical (unpaired) electrons. The van der Waals surface area contributed by atoms with Gasteiger partial charge in [0.05, 0.1) is 16.3 Å². The van der Waals surface area contributed by atoms with E-state index >= 15 is 0 Å². The predicted molar refractivity (Wildman–Crippen MR) is 153 cm³/mol. The maximum atomic E-state index is 13.5. The predicted octanol–water partition coefficient (Wildman–Crippen LogP) is 5.12. The van der Waals surface area contributed by atoms with E-state index in [1.54, 1.807) is 67.6 Å². The molecule has 0 aromatic heterocycles. The van der Waals surface area contributed by atoms with Crippen molar-refractivity contribution in [2.24, 2.45) is 5.10 Å². The van der Waals surface area contributed by atoms with E-state index in [2.05, 4.69) is 15.8 Å². The lowest BCUT2D eigenvalue weighted by molar-refractivity contribution is -0.119. The van der Waals surface area contributed by atoms with Crippen LogP contribution in [0.3, 0.4) is 0 Å². The van der Waals surface area contributed by atoms with E-state index in [-0.39, 0.29) is 16.5 Å². The first-order valence-corrected chi connectivity index (χ1v) is 13.7. The summed E-state index contributed by atoms with van der Waals surface area (Å²) in [6.07, 6.45) is 0. The van der Waals surface area contributed by atoms with Crippen molar-refractivity contribution in [2.45, 2.75) is 18.7 Å². The van der Waals surface area contributed by atoms with Gasteiger partial charge < -0.3 is 5.32 Å². The molecule has 0 spiro atoms. The molecule has 2 amide bonds. The molecule has 0 saturated heterocycles. The van der Waals surface area contributed by atoms with Gasteiger partial charge in [-0.05, 0) is 80.1 Å². The third kappa shape index (κ3) is 6.97. The number of carbonyl (C=O) groups is 2. The summed E-state index contributed by atoms with van der Waals surface area (Å²) >= 11 is 0. The number of hydrazone groups is 1. The van der Waals surface area contributed by atoms with Gasteiger partial charge in [0.2, 0.25) is 0 Å². The van der Waals surface area contributed by atoms with E-state index in [0.717, 1.165) is 22.0 Å². The van der Waals surface area contributed by atoms with E-state index < -0.39 is 28.3 Å². The lowest BCUT2D eigenvalue weighted by Gasteiger charge is -2.23. The number of halogens is 1. The van der Waals surface area contributed by atoms with Crippen LogP contribution >= 0.6 is 0 Å². The smallest absolute Gasteiger partial charge is 0.264 e. The number of hydrogen-bond acceptors (Lipinski definition) is 5. The van der Waals surface area contributed by atoms with Crippen LogP contribution < -0.4 is 15.0 Å². The molecule has 204 valence electrons. The first-order valence-electron chi connectivity index (χ1n) is 12.3. The molecule has 0 aliphatic carbocycles. The highest BCUT2D eigenvalue weighted by molar-refractivity contribution is 7.92. The quantitative estimate of drug-likeness (QED) is 0.220. The number of rotatable bonds is 9. The molecule has 0 atom stereocenters. The molecule has 8 nitrogen and oxygen atoms in total. The lowest BCUT2D eigenvalue weighted by atomic mass is 10.1. The van der Waals surface area contributed by atoms with Crippen LogP contribution in [0.5, 0.6) is 0 Å². The Morgan fingerprint density at radius 3 is 2.08 bits per heavy atom. The Hall–Kier alpha value is -4.83. The molecule has 4 rings (SSSR count). The molecule has 10 heteroatoms. The maximum absolute atomic E-state index is 13.5. The van der Waals surface area contributed by atoms with Crippen molar-refractivity contribution in [1.82, 2.24) is 5.43 Å². The van der Waals surface area contributed by atoms with Crippen molar-refractivity contribution in [3.63, 3.8) is 0 Å². The van der Waals surface area contributed by atoms with Gasteiger partial charge in [0, 0.05) is 11.3 Å². The normalized spacial score (nSPS) is 11.5. The molecule has 0 unspecified atom stereocenters. The van der Waals surface area contributed by atoms with Crippen LogP contribution in [0.4, 0.5) is 15.8 Å². The highest BCUT2D eigenvalue weighted by atomic mass is 32.2. The van der Waals surface area contributed by atoms with Gasteiger partial charge in [-0.15, -0.1) is 0 Å². The van der Waals surface area contributed by atoms with Crippen molar-refractivity contribution >= 4 is 38.9 Å². The molecule has 0 saturated carbocycles. The van der Waals surface area contributed by atoms with Crippen LogP contribution in [-0.4, -0.2) is 32.5 Å². The van der Waals surface area contributed by atoms with Gasteiger partial charge in [-0.2, -0.15) is 5.10 Å². The summed E-state index contributed by atoms with van der Waals surface area (Å²) in [5, 5.41) is 6.92. The Balaban J connectivity index is 1.46. The van der Waals surface area contributed by atoms with E-state index in [0.29, 0.717) is 22.5 Å². The number of hydrogen-bond donors (Lipinski definition) is 2. The average molecular weight is 559 g/mol. The van der Waals surface area contributed by atoms with E-state index in [1.165, 1.54) is 24.3 Å². The minimum atomic E-state index is -4.14. The fourth-order valence-electron chi connectivity index (χ4n) is 3.72. The second-order valence-electron chi connectivity index (χ2n) is 8.93. The number of amides is 2. The molecule has 4 aromatic rings. The van der Waals surface area contributed by atoms with Gasteiger partial charge in [-0.25, -0.2) is 18.2 Å². The topological polar surface area (TPSA) is 108 Å². The zero-order chi connectivity index (χ0) is 28.7. The van der Waals surface area contributed by atoms with Gasteiger partial charge >= 0.3 is 0 Å². The number of carbonyl (C=O) groups excluding carboxylic acids is 2. The molecule has 4 aromatic carbocycles. The van der Waals surface area contributed by atoms with Crippen LogP contribution in [-0.2, 0) is 14.8 Å². The molecule has 0 heterocycles. The third-order valence-corrected chi connectivity index (χ3v) is 7.74. The summed E-state index contributed by atoms with van der Waals surface area (Å²) in [4.78, 5) is 25.2. The standard InChI is InChI=1S/C30H27FN4O4S/c1-21-8-18-28(19-9-21)40(38,39)35(27-16-12-25(31)13-17-27)20-29(36)34-33-22(2)23-10-14-26(15-11-23)32-30(37)24-6-4-3-5-7-24/h3-19H,20H2,1-2H3,(H,32,37)(H,34,36)/b33-22-. The summed E-state index contributed by atoms with van der Waals surface area (Å²) in [6.45, 7) is 2.93. The number of aryl methyl sites for hydroxylation is 1. The number of sulfonamides is 1. The van der Waals surface area contributed by atoms with Crippen LogP contribution in [0.25, 0.3) is 0 Å². The molecule has 0 fully saturated rings. The fourth-order valence-corrected chi connectivity index (χ4v) is 5.14. The van der Waals surface area contributed by atoms with Crippen molar-refractivity contribution in [3.8, 4) is 0 Å². The average Bonchev–Trinajstić information content (AvgIpc) is 2.96. The van der Waals surface area contributed by atoms with Crippen LogP contribution in [0, 0.1) is 12.7 Å². The number of nitrogens with zero attached hydrogens (tertiary/aromatic N) is 2. The SMILES string of the molecule is C/C(=N/NC(=O)CN(c1ccc(F)cc1)S(=O)(=O)c1ccc(C)cc1)c1ccc(NC(=O)c2ccccc2)cc1. The third-order valence-electron chi connectivity index (χ3n) is 5.96. The van der Waals surface area contributed by atoms with Crippen molar-refractivity contribution < 1.29 is 22.4 Å². The second-order valence-corrected chi connectivity index (χ2v) is 10.8. The highest BCUT2D eigenvalue weighted by Crippen LogP contribution is 2.24. The molecular weight excluding hydrogens is 531 g/mol. The summed E-state index contributed by atoms with van der Waals surface area (Å²) in [5.41, 5.74) is 5.66. The highest BCUT2D eigenvalue weighted by Gasteiger charge is 2.27. The van der Waals surface area contributed by atoms with Crippen LogP contribution in [0.15, 0.2) is 113 Å². The Morgan fingerprint density at radius 1 is 0.825 bits per heavy atom. The van der Waals surface area contributed by atoms with Gasteiger partial charge in [0.25, 0.3) is 21.8 Å². The molecule has 0 aliphatic rings. The largest absolute Gasteiger partial charge is 0.322 e. The summed E-state index contributed by atoms with van der Waals surface area (Å²) in [7, 11) is -4.14. The number of nitrogens with one attached hydrogen (secondary N) is 2. The van der Waals surface area contributed by atoms with E-state index in [4.69, 9.17) is 0 Å². The Labute approximate surface area is 232 Å². The van der Waals surface area contributed by atoms with Gasteiger partial charge in [0.15, 0.2) is 0 Å². The Morgan fingerprint density at radius 2 is 1.45 bits per heavy atom. The number of anilines is 2. The first kappa shape index (κ1) is 28.2. The second kappa shape index (κ2) is 12.4. The summed E-state index contributed by atoms with van der Waals surface area (Å²) < 4.78 is 41.2. The van der Waals surface area contributed by atoms with Crippen molar-refractivity contribution in [1.29, 1.82) is 0 Å². The van der Waals surface area contributed by atoms with Crippen molar-refractivity contribution in [2.75, 3.05) is 16.2 Å². The van der Waals surface area contributed by atoms with E-state index in [9.17, 15) is 22.4 Å². The molecule has 2 N–H and O–H groups in total. The van der Waals surface area contributed by atoms with E-state index in [1.807, 2.05) is 13.0 Å². The lowest BCUT2D eigenvalue weighted by Crippen LogP contribution is -2.39. The summed E-state index contributed by atoms with van der Waals surface area (Å²) in [5.74, 6) is -1.46. The summed E-state index contributed by atoms with van der Waals surface area (Å²) in [6, 6.07) is 26.8. The van der Waals surface area contributed by atoms with Crippen molar-refractivity contribution in [3.05, 3.63) is 126 Å².